The van der Waals surface area contributed by atoms with Gasteiger partial charge in [-0.2, -0.15) is 11.8 Å². The molecule has 0 radical (unpaired) electrons. The molecule has 102 valence electrons. The van der Waals surface area contributed by atoms with E-state index in [9.17, 15) is 0 Å². The summed E-state index contributed by atoms with van der Waals surface area (Å²) < 4.78 is 0. The van der Waals surface area contributed by atoms with Crippen molar-refractivity contribution in [1.82, 2.24) is 10.2 Å². The highest BCUT2D eigenvalue weighted by molar-refractivity contribution is 7.98. The Bertz CT molecular complexity index is 513. The van der Waals surface area contributed by atoms with Crippen LogP contribution < -0.4 is 5.32 Å². The lowest BCUT2D eigenvalue weighted by molar-refractivity contribution is 0.896. The first-order valence-electron chi connectivity index (χ1n) is 5.99. The van der Waals surface area contributed by atoms with E-state index in [1.807, 2.05) is 36.0 Å². The summed E-state index contributed by atoms with van der Waals surface area (Å²) in [4.78, 5) is 0. The monoisotopic (exact) mass is 313 g/mol. The lowest BCUT2D eigenvalue weighted by Crippen LogP contribution is -2.17. The summed E-state index contributed by atoms with van der Waals surface area (Å²) in [6, 6.07) is 8.25. The van der Waals surface area contributed by atoms with Crippen LogP contribution in [0.15, 0.2) is 24.3 Å². The third kappa shape index (κ3) is 4.67. The largest absolute Gasteiger partial charge is 0.357 e. The molecule has 0 bridgehead atoms. The Morgan fingerprint density at radius 2 is 2.05 bits per heavy atom. The molecule has 3 nitrogen and oxygen atoms in total. The maximum Gasteiger partial charge on any atom is 0.205 e. The van der Waals surface area contributed by atoms with Crippen LogP contribution in [0.2, 0.25) is 5.02 Å². The van der Waals surface area contributed by atoms with E-state index in [1.165, 1.54) is 5.56 Å². The van der Waals surface area contributed by atoms with Gasteiger partial charge in [0.05, 0.1) is 0 Å². The molecule has 0 saturated carbocycles. The Morgan fingerprint density at radius 1 is 1.32 bits per heavy atom. The maximum absolute atomic E-state index is 5.87. The maximum atomic E-state index is 5.87. The molecule has 0 aliphatic heterocycles. The zero-order valence-electron chi connectivity index (χ0n) is 10.9. The van der Waals surface area contributed by atoms with Crippen molar-refractivity contribution in [1.29, 1.82) is 0 Å². The molecule has 6 heteroatoms. The highest BCUT2D eigenvalue weighted by Gasteiger charge is 2.07. The summed E-state index contributed by atoms with van der Waals surface area (Å²) in [5.41, 5.74) is 1.20. The number of benzene rings is 1. The number of thioether (sulfide) groups is 1. The number of nitrogens with zero attached hydrogens (tertiary/aromatic N) is 2. The van der Waals surface area contributed by atoms with Gasteiger partial charge in [-0.25, -0.2) is 0 Å². The molecular weight excluding hydrogens is 298 g/mol. The minimum atomic E-state index is 0.409. The van der Waals surface area contributed by atoms with Crippen molar-refractivity contribution in [3.8, 4) is 0 Å². The topological polar surface area (TPSA) is 37.8 Å². The molecule has 0 fully saturated rings. The van der Waals surface area contributed by atoms with Crippen molar-refractivity contribution in [2.45, 2.75) is 19.4 Å². The first-order valence-corrected chi connectivity index (χ1v) is 8.58. The molecule has 2 rings (SSSR count). The average Bonchev–Trinajstić information content (AvgIpc) is 2.80. The van der Waals surface area contributed by atoms with Gasteiger partial charge < -0.3 is 5.32 Å². The molecule has 2 aromatic rings. The van der Waals surface area contributed by atoms with Gasteiger partial charge in [0, 0.05) is 23.2 Å². The zero-order chi connectivity index (χ0) is 13.7. The minimum Gasteiger partial charge on any atom is -0.357 e. The van der Waals surface area contributed by atoms with Crippen molar-refractivity contribution in [3.05, 3.63) is 39.9 Å². The Kier molecular flexibility index (Phi) is 5.48. The molecule has 0 amide bonds. The lowest BCUT2D eigenvalue weighted by atomic mass is 10.2. The van der Waals surface area contributed by atoms with Gasteiger partial charge in [-0.1, -0.05) is 35.1 Å². The van der Waals surface area contributed by atoms with Crippen molar-refractivity contribution in [3.63, 3.8) is 0 Å². The third-order valence-corrected chi connectivity index (χ3v) is 4.46. The highest BCUT2D eigenvalue weighted by atomic mass is 35.5. The van der Waals surface area contributed by atoms with Crippen LogP contribution in [0.3, 0.4) is 0 Å². The predicted octanol–water partition coefficient (Wildman–Crippen LogP) is 3.95. The van der Waals surface area contributed by atoms with Crippen LogP contribution in [0.1, 0.15) is 17.5 Å². The van der Waals surface area contributed by atoms with Crippen LogP contribution in [0, 0.1) is 0 Å². The van der Waals surface area contributed by atoms with Crippen LogP contribution >= 0.6 is 34.7 Å². The van der Waals surface area contributed by atoms with Gasteiger partial charge >= 0.3 is 0 Å². The first-order chi connectivity index (χ1) is 9.17. The van der Waals surface area contributed by atoms with Crippen LogP contribution in [-0.4, -0.2) is 28.2 Å². The second-order valence-corrected chi connectivity index (χ2v) is 6.71. The SMILES string of the molecule is CSCC(C)Nc1nnc(Cc2ccc(Cl)cc2)s1. The lowest BCUT2D eigenvalue weighted by Gasteiger charge is -2.09. The Balaban J connectivity index is 1.95. The van der Waals surface area contributed by atoms with Crippen molar-refractivity contribution >= 4 is 39.8 Å². The van der Waals surface area contributed by atoms with Gasteiger partial charge in [-0.3, -0.25) is 0 Å². The average molecular weight is 314 g/mol. The van der Waals surface area contributed by atoms with E-state index < -0.39 is 0 Å². The summed E-state index contributed by atoms with van der Waals surface area (Å²) in [6.07, 6.45) is 2.90. The van der Waals surface area contributed by atoms with Gasteiger partial charge in [0.1, 0.15) is 5.01 Å². The van der Waals surface area contributed by atoms with Gasteiger partial charge in [-0.05, 0) is 30.9 Å². The second kappa shape index (κ2) is 7.12. The Morgan fingerprint density at radius 3 is 2.74 bits per heavy atom. The molecule has 19 heavy (non-hydrogen) atoms. The molecule has 1 atom stereocenters. The van der Waals surface area contributed by atoms with E-state index in [1.54, 1.807) is 11.3 Å². The molecule has 1 N–H and O–H groups in total. The number of halogens is 1. The van der Waals surface area contributed by atoms with Crippen molar-refractivity contribution < 1.29 is 0 Å². The summed E-state index contributed by atoms with van der Waals surface area (Å²) in [7, 11) is 0. The van der Waals surface area contributed by atoms with Crippen molar-refractivity contribution in [2.24, 2.45) is 0 Å². The fraction of sp³-hybridized carbons (Fsp3) is 0.385. The normalized spacial score (nSPS) is 12.4. The molecule has 0 spiro atoms. The van der Waals surface area contributed by atoms with Gasteiger partial charge in [0.15, 0.2) is 0 Å². The van der Waals surface area contributed by atoms with Gasteiger partial charge in [0.2, 0.25) is 5.13 Å². The quantitative estimate of drug-likeness (QED) is 0.876. The van der Waals surface area contributed by atoms with E-state index in [0.717, 1.165) is 27.3 Å². The summed E-state index contributed by atoms with van der Waals surface area (Å²) >= 11 is 9.30. The van der Waals surface area contributed by atoms with E-state index in [0.29, 0.717) is 6.04 Å². The smallest absolute Gasteiger partial charge is 0.205 e. The highest BCUT2D eigenvalue weighted by Crippen LogP contribution is 2.20. The zero-order valence-corrected chi connectivity index (χ0v) is 13.3. The second-order valence-electron chi connectivity index (χ2n) is 4.30. The molecule has 1 heterocycles. The van der Waals surface area contributed by atoms with Crippen LogP contribution in [0.25, 0.3) is 0 Å². The van der Waals surface area contributed by atoms with Gasteiger partial charge in [0.25, 0.3) is 0 Å². The third-order valence-electron chi connectivity index (χ3n) is 2.52. The van der Waals surface area contributed by atoms with Gasteiger partial charge in [-0.15, -0.1) is 10.2 Å². The standard InChI is InChI=1S/C13H16ClN3S2/c1-9(8-18-2)15-13-17-16-12(19-13)7-10-3-5-11(14)6-4-10/h3-6,9H,7-8H2,1-2H3,(H,15,17). The number of nitrogens with one attached hydrogen (secondary N) is 1. The molecule has 0 saturated heterocycles. The molecule has 0 aliphatic rings. The van der Waals surface area contributed by atoms with Crippen LogP contribution in [0.4, 0.5) is 5.13 Å². The fourth-order valence-corrected chi connectivity index (χ4v) is 3.26. The van der Waals surface area contributed by atoms with Crippen LogP contribution in [0.5, 0.6) is 0 Å². The molecule has 1 aromatic heterocycles. The summed E-state index contributed by atoms with van der Waals surface area (Å²) in [5.74, 6) is 1.06. The van der Waals surface area contributed by atoms with Crippen LogP contribution in [-0.2, 0) is 6.42 Å². The van der Waals surface area contributed by atoms with E-state index in [-0.39, 0.29) is 0 Å². The Labute approximate surface area is 126 Å². The number of hydrogen-bond acceptors (Lipinski definition) is 5. The molecule has 1 aromatic carbocycles. The van der Waals surface area contributed by atoms with E-state index >= 15 is 0 Å². The molecule has 0 aliphatic carbocycles. The molecular formula is C13H16ClN3S2. The molecule has 1 unspecified atom stereocenters. The number of rotatable bonds is 6. The number of hydrogen-bond donors (Lipinski definition) is 1. The predicted molar refractivity (Wildman–Crippen MR) is 85.6 cm³/mol. The number of anilines is 1. The fourth-order valence-electron chi connectivity index (χ4n) is 1.66. The minimum absolute atomic E-state index is 0.409. The Hall–Kier alpha value is -0.780. The van der Waals surface area contributed by atoms with Crippen molar-refractivity contribution in [2.75, 3.05) is 17.3 Å². The summed E-state index contributed by atoms with van der Waals surface area (Å²) in [5, 5.41) is 14.4. The summed E-state index contributed by atoms with van der Waals surface area (Å²) in [6.45, 7) is 2.15. The number of aromatic nitrogens is 2. The van der Waals surface area contributed by atoms with E-state index in [2.05, 4.69) is 28.7 Å². The van der Waals surface area contributed by atoms with E-state index in [4.69, 9.17) is 11.6 Å². The first kappa shape index (κ1) is 14.6.